The van der Waals surface area contributed by atoms with Gasteiger partial charge in [0.25, 0.3) is 0 Å². The molecule has 0 spiro atoms. The van der Waals surface area contributed by atoms with Crippen LogP contribution in [0.2, 0.25) is 0 Å². The largest absolute Gasteiger partial charge is 0.468 e. The van der Waals surface area contributed by atoms with Gasteiger partial charge in [0.15, 0.2) is 0 Å². The number of methoxy groups -OCH3 is 1. The first-order chi connectivity index (χ1) is 8.92. The zero-order chi connectivity index (χ0) is 14.4. The molecule has 19 heavy (non-hydrogen) atoms. The Balaban J connectivity index is 2.67. The minimum absolute atomic E-state index is 0.182. The summed E-state index contributed by atoms with van der Waals surface area (Å²) >= 11 is 0. The molecule has 1 rings (SSSR count). The standard InChI is InChI=1S/C16H25NO2/c1-11(2)6-15(16(18)19-5)17-10-14-8-12(3)7-13(4)9-14/h7-9,11,15,17H,6,10H2,1-5H3. The van der Waals surface area contributed by atoms with Crippen LogP contribution in [-0.4, -0.2) is 19.1 Å². The van der Waals surface area contributed by atoms with E-state index in [0.717, 1.165) is 6.42 Å². The number of nitrogens with one attached hydrogen (secondary N) is 1. The Kier molecular flexibility index (Phi) is 6.03. The topological polar surface area (TPSA) is 38.3 Å². The molecule has 3 nitrogen and oxygen atoms in total. The van der Waals surface area contributed by atoms with Gasteiger partial charge in [-0.05, 0) is 31.7 Å². The molecule has 0 fully saturated rings. The summed E-state index contributed by atoms with van der Waals surface area (Å²) in [5.74, 6) is 0.272. The van der Waals surface area contributed by atoms with E-state index >= 15 is 0 Å². The number of benzene rings is 1. The van der Waals surface area contributed by atoms with Crippen molar-refractivity contribution < 1.29 is 9.53 Å². The van der Waals surface area contributed by atoms with Gasteiger partial charge in [0.1, 0.15) is 6.04 Å². The van der Waals surface area contributed by atoms with Crippen LogP contribution in [0, 0.1) is 19.8 Å². The summed E-state index contributed by atoms with van der Waals surface area (Å²) in [6.45, 7) is 9.07. The van der Waals surface area contributed by atoms with Crippen LogP contribution in [0.15, 0.2) is 18.2 Å². The summed E-state index contributed by atoms with van der Waals surface area (Å²) in [7, 11) is 1.44. The van der Waals surface area contributed by atoms with E-state index in [4.69, 9.17) is 4.74 Å². The van der Waals surface area contributed by atoms with Crippen molar-refractivity contribution in [3.63, 3.8) is 0 Å². The van der Waals surface area contributed by atoms with Crippen LogP contribution in [0.5, 0.6) is 0 Å². The number of carbonyl (C=O) groups is 1. The van der Waals surface area contributed by atoms with Crippen LogP contribution in [0.4, 0.5) is 0 Å². The summed E-state index contributed by atoms with van der Waals surface area (Å²) < 4.78 is 4.85. The lowest BCUT2D eigenvalue weighted by molar-refractivity contribution is -0.143. The molecule has 1 unspecified atom stereocenters. The SMILES string of the molecule is COC(=O)C(CC(C)C)NCc1cc(C)cc(C)c1. The number of esters is 1. The van der Waals surface area contributed by atoms with E-state index in [9.17, 15) is 4.79 Å². The third kappa shape index (κ3) is 5.43. The summed E-state index contributed by atoms with van der Waals surface area (Å²) in [5, 5.41) is 3.30. The number of rotatable bonds is 6. The molecule has 0 saturated carbocycles. The third-order valence-corrected chi connectivity index (χ3v) is 3.03. The molecule has 0 aliphatic rings. The molecular weight excluding hydrogens is 238 g/mol. The van der Waals surface area contributed by atoms with Crippen LogP contribution in [-0.2, 0) is 16.1 Å². The van der Waals surface area contributed by atoms with Gasteiger partial charge in [0, 0.05) is 6.54 Å². The molecule has 1 aromatic carbocycles. The smallest absolute Gasteiger partial charge is 0.322 e. The number of aryl methyl sites for hydroxylation is 2. The molecule has 0 heterocycles. The van der Waals surface area contributed by atoms with Crippen molar-refractivity contribution >= 4 is 5.97 Å². The zero-order valence-electron chi connectivity index (χ0n) is 12.6. The fraction of sp³-hybridized carbons (Fsp3) is 0.562. The van der Waals surface area contributed by atoms with Crippen molar-refractivity contribution in [3.8, 4) is 0 Å². The maximum Gasteiger partial charge on any atom is 0.322 e. The highest BCUT2D eigenvalue weighted by Crippen LogP contribution is 2.11. The van der Waals surface area contributed by atoms with Crippen LogP contribution in [0.1, 0.15) is 37.0 Å². The van der Waals surface area contributed by atoms with Crippen LogP contribution < -0.4 is 5.32 Å². The molecule has 0 aromatic heterocycles. The van der Waals surface area contributed by atoms with Crippen molar-refractivity contribution in [1.82, 2.24) is 5.32 Å². The molecule has 1 atom stereocenters. The van der Waals surface area contributed by atoms with E-state index < -0.39 is 0 Å². The van der Waals surface area contributed by atoms with E-state index in [1.807, 2.05) is 0 Å². The lowest BCUT2D eigenvalue weighted by Gasteiger charge is -2.18. The Bertz CT molecular complexity index is 407. The second-order valence-electron chi connectivity index (χ2n) is 5.58. The van der Waals surface area contributed by atoms with Crippen molar-refractivity contribution in [3.05, 3.63) is 34.9 Å². The van der Waals surface area contributed by atoms with E-state index in [0.29, 0.717) is 12.5 Å². The molecule has 3 heteroatoms. The quantitative estimate of drug-likeness (QED) is 0.802. The van der Waals surface area contributed by atoms with Crippen LogP contribution in [0.3, 0.4) is 0 Å². The van der Waals surface area contributed by atoms with Gasteiger partial charge in [-0.2, -0.15) is 0 Å². The molecule has 0 aliphatic carbocycles. The second-order valence-corrected chi connectivity index (χ2v) is 5.58. The first-order valence-corrected chi connectivity index (χ1v) is 6.80. The van der Waals surface area contributed by atoms with E-state index in [1.165, 1.54) is 23.8 Å². The van der Waals surface area contributed by atoms with Crippen molar-refractivity contribution in [1.29, 1.82) is 0 Å². The van der Waals surface area contributed by atoms with Crippen molar-refractivity contribution in [2.75, 3.05) is 7.11 Å². The van der Waals surface area contributed by atoms with Crippen molar-refractivity contribution in [2.24, 2.45) is 5.92 Å². The van der Waals surface area contributed by atoms with E-state index in [1.54, 1.807) is 0 Å². The number of ether oxygens (including phenoxy) is 1. The highest BCUT2D eigenvalue weighted by molar-refractivity contribution is 5.75. The van der Waals surface area contributed by atoms with E-state index in [-0.39, 0.29) is 12.0 Å². The molecule has 0 amide bonds. The molecular formula is C16H25NO2. The molecule has 0 saturated heterocycles. The molecule has 0 aliphatic heterocycles. The Labute approximate surface area is 116 Å². The normalized spacial score (nSPS) is 12.5. The van der Waals surface area contributed by atoms with Gasteiger partial charge >= 0.3 is 5.97 Å². The maximum absolute atomic E-state index is 11.7. The lowest BCUT2D eigenvalue weighted by Crippen LogP contribution is -2.38. The fourth-order valence-electron chi connectivity index (χ4n) is 2.29. The minimum Gasteiger partial charge on any atom is -0.468 e. The summed E-state index contributed by atoms with van der Waals surface area (Å²) in [5.41, 5.74) is 3.70. The van der Waals surface area contributed by atoms with Gasteiger partial charge in [-0.15, -0.1) is 0 Å². The molecule has 1 N–H and O–H groups in total. The monoisotopic (exact) mass is 263 g/mol. The highest BCUT2D eigenvalue weighted by Gasteiger charge is 2.19. The summed E-state index contributed by atoms with van der Waals surface area (Å²) in [6, 6.07) is 6.20. The Morgan fingerprint density at radius 3 is 2.26 bits per heavy atom. The van der Waals surface area contributed by atoms with Gasteiger partial charge in [-0.25, -0.2) is 0 Å². The third-order valence-electron chi connectivity index (χ3n) is 3.03. The summed E-state index contributed by atoms with van der Waals surface area (Å²) in [6.07, 6.45) is 0.789. The van der Waals surface area contributed by atoms with Crippen molar-refractivity contribution in [2.45, 2.75) is 46.7 Å². The molecule has 0 bridgehead atoms. The van der Waals surface area contributed by atoms with Gasteiger partial charge in [-0.1, -0.05) is 43.2 Å². The molecule has 106 valence electrons. The van der Waals surface area contributed by atoms with Gasteiger partial charge in [0.2, 0.25) is 0 Å². The first-order valence-electron chi connectivity index (χ1n) is 6.80. The van der Waals surface area contributed by atoms with E-state index in [2.05, 4.69) is 51.2 Å². The average molecular weight is 263 g/mol. The minimum atomic E-state index is -0.231. The maximum atomic E-state index is 11.7. The molecule has 0 radical (unpaired) electrons. The first kappa shape index (κ1) is 15.7. The van der Waals surface area contributed by atoms with Gasteiger partial charge in [-0.3, -0.25) is 4.79 Å². The van der Waals surface area contributed by atoms with Gasteiger partial charge < -0.3 is 10.1 Å². The number of carbonyl (C=O) groups excluding carboxylic acids is 1. The Morgan fingerprint density at radius 2 is 1.79 bits per heavy atom. The van der Waals surface area contributed by atoms with Crippen LogP contribution in [0.25, 0.3) is 0 Å². The van der Waals surface area contributed by atoms with Crippen LogP contribution >= 0.6 is 0 Å². The predicted molar refractivity (Wildman–Crippen MR) is 78.0 cm³/mol. The Morgan fingerprint density at radius 1 is 1.21 bits per heavy atom. The van der Waals surface area contributed by atoms with Gasteiger partial charge in [0.05, 0.1) is 7.11 Å². The predicted octanol–water partition coefficient (Wildman–Crippen LogP) is 2.98. The highest BCUT2D eigenvalue weighted by atomic mass is 16.5. The fourth-order valence-corrected chi connectivity index (χ4v) is 2.29. The second kappa shape index (κ2) is 7.29. The zero-order valence-corrected chi connectivity index (χ0v) is 12.6. The average Bonchev–Trinajstić information content (AvgIpc) is 2.31. The lowest BCUT2D eigenvalue weighted by atomic mass is 10.0. The number of hydrogen-bond donors (Lipinski definition) is 1. The summed E-state index contributed by atoms with van der Waals surface area (Å²) in [4.78, 5) is 11.7. The Hall–Kier alpha value is -1.35. The molecule has 1 aromatic rings. The number of hydrogen-bond acceptors (Lipinski definition) is 3.